The van der Waals surface area contributed by atoms with E-state index in [4.69, 9.17) is 0 Å². The van der Waals surface area contributed by atoms with Gasteiger partial charge in [0.2, 0.25) is 5.91 Å². The summed E-state index contributed by atoms with van der Waals surface area (Å²) in [5, 5.41) is 6.67. The van der Waals surface area contributed by atoms with Crippen LogP contribution in [0.5, 0.6) is 0 Å². The molecule has 2 N–H and O–H groups in total. The van der Waals surface area contributed by atoms with E-state index >= 15 is 0 Å². The van der Waals surface area contributed by atoms with Crippen LogP contribution in [0.1, 0.15) is 52.4 Å². The predicted octanol–water partition coefficient (Wildman–Crippen LogP) is 1.76. The molecule has 20 heavy (non-hydrogen) atoms. The van der Waals surface area contributed by atoms with Crippen molar-refractivity contribution >= 4 is 5.91 Å². The Morgan fingerprint density at radius 2 is 1.90 bits per heavy atom. The summed E-state index contributed by atoms with van der Waals surface area (Å²) in [5.74, 6) is 0.460. The standard InChI is InChI=1S/C16H31N3O/c1-16(2,13-19-11-4-3-5-12-19)18-15(20)14-7-6-9-17-10-8-14/h14,17H,3-13H2,1-2H3,(H,18,20). The number of nitrogens with zero attached hydrogens (tertiary/aromatic N) is 1. The van der Waals surface area contributed by atoms with Crippen LogP contribution in [0.2, 0.25) is 0 Å². The molecule has 2 fully saturated rings. The van der Waals surface area contributed by atoms with Crippen LogP contribution >= 0.6 is 0 Å². The van der Waals surface area contributed by atoms with Gasteiger partial charge in [-0.25, -0.2) is 0 Å². The Morgan fingerprint density at radius 3 is 2.65 bits per heavy atom. The fraction of sp³-hybridized carbons (Fsp3) is 0.938. The third-order valence-corrected chi connectivity index (χ3v) is 4.48. The van der Waals surface area contributed by atoms with Crippen molar-refractivity contribution in [2.24, 2.45) is 5.92 Å². The molecule has 0 saturated carbocycles. The van der Waals surface area contributed by atoms with Gasteiger partial charge in [0.05, 0.1) is 0 Å². The summed E-state index contributed by atoms with van der Waals surface area (Å²) in [7, 11) is 0. The lowest BCUT2D eigenvalue weighted by atomic mass is 9.96. The van der Waals surface area contributed by atoms with Gasteiger partial charge < -0.3 is 15.5 Å². The summed E-state index contributed by atoms with van der Waals surface area (Å²) in [4.78, 5) is 14.9. The molecular formula is C16H31N3O. The molecule has 1 amide bonds. The van der Waals surface area contributed by atoms with Crippen molar-refractivity contribution in [3.8, 4) is 0 Å². The normalized spacial score (nSPS) is 26.0. The minimum atomic E-state index is -0.117. The molecule has 2 rings (SSSR count). The Kier molecular flexibility index (Phi) is 5.85. The van der Waals surface area contributed by atoms with Crippen LogP contribution in [0.15, 0.2) is 0 Å². The Hall–Kier alpha value is -0.610. The van der Waals surface area contributed by atoms with Crippen LogP contribution in [0.25, 0.3) is 0 Å². The van der Waals surface area contributed by atoms with Gasteiger partial charge in [0.25, 0.3) is 0 Å². The number of carbonyl (C=O) groups is 1. The lowest BCUT2D eigenvalue weighted by Gasteiger charge is -2.36. The molecule has 0 aromatic rings. The lowest BCUT2D eigenvalue weighted by molar-refractivity contribution is -0.127. The molecule has 4 heteroatoms. The Balaban J connectivity index is 1.81. The van der Waals surface area contributed by atoms with Crippen LogP contribution in [-0.2, 0) is 4.79 Å². The highest BCUT2D eigenvalue weighted by molar-refractivity contribution is 5.79. The van der Waals surface area contributed by atoms with E-state index in [0.29, 0.717) is 0 Å². The van der Waals surface area contributed by atoms with Crippen molar-refractivity contribution < 1.29 is 4.79 Å². The maximum atomic E-state index is 12.5. The average Bonchev–Trinajstić information content (AvgIpc) is 2.67. The fourth-order valence-electron chi connectivity index (χ4n) is 3.43. The highest BCUT2D eigenvalue weighted by Gasteiger charge is 2.28. The zero-order valence-electron chi connectivity index (χ0n) is 13.2. The number of amides is 1. The van der Waals surface area contributed by atoms with Crippen molar-refractivity contribution in [2.75, 3.05) is 32.7 Å². The molecule has 2 aliphatic heterocycles. The summed E-state index contributed by atoms with van der Waals surface area (Å²) in [6.07, 6.45) is 7.09. The van der Waals surface area contributed by atoms with Gasteiger partial charge in [-0.15, -0.1) is 0 Å². The molecule has 0 aliphatic carbocycles. The first kappa shape index (κ1) is 15.8. The monoisotopic (exact) mass is 281 g/mol. The molecule has 0 spiro atoms. The van der Waals surface area contributed by atoms with Gasteiger partial charge in [0, 0.05) is 18.0 Å². The van der Waals surface area contributed by atoms with Crippen molar-refractivity contribution in [1.82, 2.24) is 15.5 Å². The van der Waals surface area contributed by atoms with E-state index < -0.39 is 0 Å². The highest BCUT2D eigenvalue weighted by atomic mass is 16.2. The Bertz CT molecular complexity index is 303. The van der Waals surface area contributed by atoms with E-state index in [0.717, 1.165) is 38.9 Å². The quantitative estimate of drug-likeness (QED) is 0.825. The lowest BCUT2D eigenvalue weighted by Crippen LogP contribution is -2.53. The van der Waals surface area contributed by atoms with Gasteiger partial charge in [-0.05, 0) is 72.1 Å². The number of likely N-dealkylation sites (tertiary alicyclic amines) is 1. The van der Waals surface area contributed by atoms with E-state index in [1.165, 1.54) is 32.4 Å². The van der Waals surface area contributed by atoms with Crippen molar-refractivity contribution in [3.63, 3.8) is 0 Å². The van der Waals surface area contributed by atoms with Gasteiger partial charge in [-0.1, -0.05) is 6.42 Å². The van der Waals surface area contributed by atoms with E-state index in [9.17, 15) is 4.79 Å². The highest BCUT2D eigenvalue weighted by Crippen LogP contribution is 2.17. The predicted molar refractivity (Wildman–Crippen MR) is 82.7 cm³/mol. The Morgan fingerprint density at radius 1 is 1.15 bits per heavy atom. The second-order valence-corrected chi connectivity index (χ2v) is 7.09. The maximum absolute atomic E-state index is 12.5. The summed E-state index contributed by atoms with van der Waals surface area (Å²) in [6, 6.07) is 0. The second kappa shape index (κ2) is 7.41. The molecule has 0 aromatic heterocycles. The van der Waals surface area contributed by atoms with Crippen LogP contribution in [-0.4, -0.2) is 49.1 Å². The SMILES string of the molecule is CC(C)(CN1CCCCC1)NC(=O)C1CCCNCC1. The first-order chi connectivity index (χ1) is 9.57. The molecule has 4 nitrogen and oxygen atoms in total. The zero-order chi connectivity index (χ0) is 14.4. The number of carbonyl (C=O) groups excluding carboxylic acids is 1. The summed E-state index contributed by atoms with van der Waals surface area (Å²) < 4.78 is 0. The van der Waals surface area contributed by atoms with Gasteiger partial charge >= 0.3 is 0 Å². The molecule has 1 atom stereocenters. The molecule has 2 saturated heterocycles. The number of hydrogen-bond donors (Lipinski definition) is 2. The summed E-state index contributed by atoms with van der Waals surface area (Å²) in [6.45, 7) is 9.71. The van der Waals surface area contributed by atoms with Gasteiger partial charge in [-0.2, -0.15) is 0 Å². The molecular weight excluding hydrogens is 250 g/mol. The number of nitrogens with one attached hydrogen (secondary N) is 2. The molecule has 0 radical (unpaired) electrons. The van der Waals surface area contributed by atoms with E-state index in [1.807, 2.05) is 0 Å². The fourth-order valence-corrected chi connectivity index (χ4v) is 3.43. The summed E-state index contributed by atoms with van der Waals surface area (Å²) >= 11 is 0. The molecule has 116 valence electrons. The van der Waals surface area contributed by atoms with Crippen LogP contribution < -0.4 is 10.6 Å². The number of hydrogen-bond acceptors (Lipinski definition) is 3. The van der Waals surface area contributed by atoms with Crippen molar-refractivity contribution in [3.05, 3.63) is 0 Å². The minimum Gasteiger partial charge on any atom is -0.350 e. The van der Waals surface area contributed by atoms with Crippen LogP contribution in [0.4, 0.5) is 0 Å². The van der Waals surface area contributed by atoms with Crippen molar-refractivity contribution in [1.29, 1.82) is 0 Å². The molecule has 0 bridgehead atoms. The van der Waals surface area contributed by atoms with Gasteiger partial charge in [0.1, 0.15) is 0 Å². The Labute approximate surface area is 123 Å². The number of rotatable bonds is 4. The molecule has 0 aromatic carbocycles. The topological polar surface area (TPSA) is 44.4 Å². The minimum absolute atomic E-state index is 0.117. The molecule has 2 heterocycles. The van der Waals surface area contributed by atoms with Crippen LogP contribution in [0.3, 0.4) is 0 Å². The molecule has 2 aliphatic rings. The first-order valence-electron chi connectivity index (χ1n) is 8.32. The van der Waals surface area contributed by atoms with Gasteiger partial charge in [-0.3, -0.25) is 4.79 Å². The first-order valence-corrected chi connectivity index (χ1v) is 8.32. The number of piperidine rings is 1. The van der Waals surface area contributed by atoms with E-state index in [1.54, 1.807) is 0 Å². The van der Waals surface area contributed by atoms with Gasteiger partial charge in [0.15, 0.2) is 0 Å². The third-order valence-electron chi connectivity index (χ3n) is 4.48. The zero-order valence-corrected chi connectivity index (χ0v) is 13.2. The third kappa shape index (κ3) is 5.06. The van der Waals surface area contributed by atoms with Crippen molar-refractivity contribution in [2.45, 2.75) is 57.9 Å². The van der Waals surface area contributed by atoms with E-state index in [2.05, 4.69) is 29.4 Å². The smallest absolute Gasteiger partial charge is 0.223 e. The maximum Gasteiger partial charge on any atom is 0.223 e. The summed E-state index contributed by atoms with van der Waals surface area (Å²) in [5.41, 5.74) is -0.117. The van der Waals surface area contributed by atoms with Crippen LogP contribution in [0, 0.1) is 5.92 Å². The second-order valence-electron chi connectivity index (χ2n) is 7.09. The molecule has 1 unspecified atom stereocenters. The largest absolute Gasteiger partial charge is 0.350 e. The average molecular weight is 281 g/mol. The van der Waals surface area contributed by atoms with E-state index in [-0.39, 0.29) is 17.4 Å².